The first-order valence-electron chi connectivity index (χ1n) is 8.27. The summed E-state index contributed by atoms with van der Waals surface area (Å²) in [7, 11) is -3.66. The van der Waals surface area contributed by atoms with Crippen molar-refractivity contribution in [3.63, 3.8) is 0 Å². The topological polar surface area (TPSA) is 90.3 Å². The first-order valence-corrected chi connectivity index (χ1v) is 10.5. The molecular weight excluding hydrogens is 370 g/mol. The number of thiophene rings is 1. The molecule has 1 aliphatic rings. The summed E-state index contributed by atoms with van der Waals surface area (Å²) in [5.41, 5.74) is 1.33. The van der Waals surface area contributed by atoms with Crippen LogP contribution in [0.1, 0.15) is 28.8 Å². The lowest BCUT2D eigenvalue weighted by Crippen LogP contribution is -2.45. The molecule has 6 nitrogen and oxygen atoms in total. The highest BCUT2D eigenvalue weighted by molar-refractivity contribution is 7.91. The van der Waals surface area contributed by atoms with Crippen LogP contribution in [0.5, 0.6) is 0 Å². The molecule has 8 heteroatoms. The minimum Gasteiger partial charge on any atom is -0.351 e. The van der Waals surface area contributed by atoms with Crippen LogP contribution in [0.15, 0.2) is 40.6 Å². The second-order valence-corrected chi connectivity index (χ2v) is 9.57. The number of carbonyl (C=O) groups is 1. The maximum atomic E-state index is 12.8. The van der Waals surface area contributed by atoms with Crippen LogP contribution < -0.4 is 5.32 Å². The van der Waals surface area contributed by atoms with Gasteiger partial charge in [-0.15, -0.1) is 11.3 Å². The Kier molecular flexibility index (Phi) is 5.41. The number of aryl methyl sites for hydroxylation is 1. The summed E-state index contributed by atoms with van der Waals surface area (Å²) in [5.74, 6) is -0.304. The van der Waals surface area contributed by atoms with E-state index in [-0.39, 0.29) is 16.7 Å². The summed E-state index contributed by atoms with van der Waals surface area (Å²) in [4.78, 5) is 13.5. The molecule has 1 aromatic heterocycles. The molecule has 0 radical (unpaired) electrons. The molecule has 1 amide bonds. The number of carbonyl (C=O) groups excluding carboxylic acids is 1. The van der Waals surface area contributed by atoms with E-state index in [4.69, 9.17) is 5.26 Å². The van der Waals surface area contributed by atoms with Crippen LogP contribution in [0, 0.1) is 18.3 Å². The molecule has 0 spiro atoms. The van der Waals surface area contributed by atoms with Gasteiger partial charge in [0.15, 0.2) is 0 Å². The van der Waals surface area contributed by atoms with Gasteiger partial charge in [0.05, 0.1) is 11.6 Å². The van der Waals surface area contributed by atoms with Gasteiger partial charge < -0.3 is 5.32 Å². The smallest absolute Gasteiger partial charge is 0.253 e. The van der Waals surface area contributed by atoms with Crippen LogP contribution in [0.3, 0.4) is 0 Å². The molecule has 0 unspecified atom stereocenters. The van der Waals surface area contributed by atoms with E-state index in [2.05, 4.69) is 11.4 Å². The Morgan fingerprint density at radius 2 is 2.19 bits per heavy atom. The van der Waals surface area contributed by atoms with E-state index in [0.717, 1.165) is 10.4 Å². The van der Waals surface area contributed by atoms with E-state index in [0.29, 0.717) is 24.9 Å². The number of benzene rings is 1. The molecule has 1 atom stereocenters. The monoisotopic (exact) mass is 389 g/mol. The molecule has 1 aliphatic heterocycles. The molecule has 2 heterocycles. The summed E-state index contributed by atoms with van der Waals surface area (Å²) >= 11 is 1.22. The van der Waals surface area contributed by atoms with Crippen molar-refractivity contribution in [2.75, 3.05) is 6.54 Å². The van der Waals surface area contributed by atoms with Gasteiger partial charge in [0.1, 0.15) is 10.3 Å². The van der Waals surface area contributed by atoms with Gasteiger partial charge in [0, 0.05) is 18.0 Å². The van der Waals surface area contributed by atoms with E-state index in [1.807, 2.05) is 13.0 Å². The molecule has 3 rings (SSSR count). The Morgan fingerprint density at radius 1 is 1.38 bits per heavy atom. The second-order valence-electron chi connectivity index (χ2n) is 6.17. The third-order valence-electron chi connectivity index (χ3n) is 4.31. The molecular formula is C18H19N3O3S2. The maximum Gasteiger partial charge on any atom is 0.253 e. The Morgan fingerprint density at radius 3 is 2.88 bits per heavy atom. The van der Waals surface area contributed by atoms with Crippen LogP contribution in [-0.2, 0) is 21.4 Å². The van der Waals surface area contributed by atoms with Crippen LogP contribution in [0.4, 0.5) is 0 Å². The number of nitriles is 1. The van der Waals surface area contributed by atoms with Crippen molar-refractivity contribution in [1.82, 2.24) is 9.62 Å². The van der Waals surface area contributed by atoms with Gasteiger partial charge >= 0.3 is 0 Å². The van der Waals surface area contributed by atoms with Gasteiger partial charge in [-0.1, -0.05) is 12.1 Å². The van der Waals surface area contributed by atoms with Gasteiger partial charge in [-0.25, -0.2) is 8.42 Å². The number of amides is 1. The second kappa shape index (κ2) is 7.58. The van der Waals surface area contributed by atoms with E-state index >= 15 is 0 Å². The summed E-state index contributed by atoms with van der Waals surface area (Å²) < 4.78 is 27.3. The molecule has 1 fully saturated rings. The van der Waals surface area contributed by atoms with Crippen LogP contribution >= 0.6 is 11.3 Å². The van der Waals surface area contributed by atoms with Crippen LogP contribution in [0.2, 0.25) is 0 Å². The van der Waals surface area contributed by atoms with Gasteiger partial charge in [-0.05, 0) is 49.6 Å². The lowest BCUT2D eigenvalue weighted by Gasteiger charge is -2.22. The van der Waals surface area contributed by atoms with Gasteiger partial charge in [-0.3, -0.25) is 4.79 Å². The van der Waals surface area contributed by atoms with E-state index in [1.54, 1.807) is 30.3 Å². The molecule has 0 aliphatic carbocycles. The first-order chi connectivity index (χ1) is 12.4. The molecule has 1 N–H and O–H groups in total. The lowest BCUT2D eigenvalue weighted by molar-refractivity contribution is -0.124. The van der Waals surface area contributed by atoms with Crippen molar-refractivity contribution >= 4 is 27.3 Å². The fraction of sp³-hybridized carbons (Fsp3) is 0.333. The first kappa shape index (κ1) is 18.6. The zero-order valence-electron chi connectivity index (χ0n) is 14.3. The quantitative estimate of drug-likeness (QED) is 0.850. The SMILES string of the molecule is Cc1ccc(S(=O)(=O)N2CCC[C@@H]2C(=O)NCc2cccc(C#N)c2)s1. The fourth-order valence-corrected chi connectivity index (χ4v) is 6.08. The number of sulfonamides is 1. The van der Waals surface area contributed by atoms with Crippen molar-refractivity contribution in [1.29, 1.82) is 5.26 Å². The zero-order chi connectivity index (χ0) is 18.7. The molecule has 2 aromatic rings. The minimum atomic E-state index is -3.66. The number of nitrogens with zero attached hydrogens (tertiary/aromatic N) is 2. The highest BCUT2D eigenvalue weighted by Crippen LogP contribution is 2.30. The standard InChI is InChI=1S/C18H19N3O3S2/c1-13-7-8-17(25-13)26(23,24)21-9-3-6-16(21)18(22)20-12-15-5-2-4-14(10-15)11-19/h2,4-5,7-8,10,16H,3,6,9,12H2,1H3,(H,20,22)/t16-/m1/s1. The predicted octanol–water partition coefficient (Wildman–Crippen LogP) is 2.40. The van der Waals surface area contributed by atoms with E-state index in [9.17, 15) is 13.2 Å². The Balaban J connectivity index is 1.71. The Labute approximate surface area is 157 Å². The molecule has 136 valence electrons. The molecule has 1 aromatic carbocycles. The predicted molar refractivity (Wildman–Crippen MR) is 99.0 cm³/mol. The van der Waals surface area contributed by atoms with E-state index < -0.39 is 16.1 Å². The molecule has 0 bridgehead atoms. The van der Waals surface area contributed by atoms with Crippen molar-refractivity contribution < 1.29 is 13.2 Å². The molecule has 0 saturated carbocycles. The van der Waals surface area contributed by atoms with Crippen molar-refractivity contribution in [2.45, 2.75) is 36.6 Å². The number of nitrogens with one attached hydrogen (secondary N) is 1. The van der Waals surface area contributed by atoms with Crippen LogP contribution in [-0.4, -0.2) is 31.2 Å². The largest absolute Gasteiger partial charge is 0.351 e. The Hall–Kier alpha value is -2.21. The average molecular weight is 390 g/mol. The Bertz CT molecular complexity index is 960. The van der Waals surface area contributed by atoms with Gasteiger partial charge in [0.25, 0.3) is 10.0 Å². The molecule has 26 heavy (non-hydrogen) atoms. The number of rotatable bonds is 5. The van der Waals surface area contributed by atoms with Gasteiger partial charge in [0.2, 0.25) is 5.91 Å². The summed E-state index contributed by atoms with van der Waals surface area (Å²) in [5, 5.41) is 11.7. The summed E-state index contributed by atoms with van der Waals surface area (Å²) in [6.07, 6.45) is 1.17. The highest BCUT2D eigenvalue weighted by Gasteiger charge is 2.39. The average Bonchev–Trinajstić information content (AvgIpc) is 3.29. The maximum absolute atomic E-state index is 12.8. The number of hydrogen-bond acceptors (Lipinski definition) is 5. The normalized spacial score (nSPS) is 17.8. The van der Waals surface area contributed by atoms with Crippen LogP contribution in [0.25, 0.3) is 0 Å². The minimum absolute atomic E-state index is 0.261. The fourth-order valence-electron chi connectivity index (χ4n) is 3.01. The third-order valence-corrected chi connectivity index (χ3v) is 7.68. The number of hydrogen-bond donors (Lipinski definition) is 1. The van der Waals surface area contributed by atoms with Crippen molar-refractivity contribution in [3.8, 4) is 6.07 Å². The highest BCUT2D eigenvalue weighted by atomic mass is 32.2. The third kappa shape index (κ3) is 3.80. The summed E-state index contributed by atoms with van der Waals surface area (Å²) in [6, 6.07) is 11.7. The van der Waals surface area contributed by atoms with Crippen molar-refractivity contribution in [2.24, 2.45) is 0 Å². The van der Waals surface area contributed by atoms with Crippen molar-refractivity contribution in [3.05, 3.63) is 52.4 Å². The van der Waals surface area contributed by atoms with Gasteiger partial charge in [-0.2, -0.15) is 9.57 Å². The lowest BCUT2D eigenvalue weighted by atomic mass is 10.1. The summed E-state index contributed by atoms with van der Waals surface area (Å²) in [6.45, 7) is 2.46. The molecule has 1 saturated heterocycles. The zero-order valence-corrected chi connectivity index (χ0v) is 15.9. The van der Waals surface area contributed by atoms with E-state index in [1.165, 1.54) is 15.6 Å².